The molecule has 0 aliphatic rings. The molecular formula is C18H26Cl2FeN10O9. The van der Waals surface area contributed by atoms with Crippen LogP contribution in [0.25, 0.3) is 0 Å². The Hall–Kier alpha value is -2.66. The summed E-state index contributed by atoms with van der Waals surface area (Å²) >= 11 is 0. The molecule has 19 nitrogen and oxygen atoms in total. The van der Waals surface area contributed by atoms with E-state index in [1.807, 2.05) is 18.2 Å². The van der Waals surface area contributed by atoms with E-state index in [0.29, 0.717) is 19.6 Å². The molecule has 0 unspecified atom stereocenters. The molecule has 3 aromatic rings. The molecule has 0 aliphatic carbocycles. The van der Waals surface area contributed by atoms with Gasteiger partial charge in [0.1, 0.15) is 17.1 Å². The Balaban J connectivity index is 0. The SMILES string of the molecule is C(=NCCN(CCN=Cc1cc[nH]n1)CCN=Cc1cc[nH]n1)c1cc[nH]n1.O.[Fe+2].[O-][Cl+3]([O-])([O-])[O-].[O-][Cl+3]([O-])([O-])[O-]. The Labute approximate surface area is 242 Å². The maximum Gasteiger partial charge on any atom is 2.00 e. The zero-order valence-electron chi connectivity index (χ0n) is 20.4. The van der Waals surface area contributed by atoms with Gasteiger partial charge in [-0.05, 0) is 18.2 Å². The van der Waals surface area contributed by atoms with E-state index in [1.165, 1.54) is 0 Å². The third-order valence-electron chi connectivity index (χ3n) is 3.87. The Morgan fingerprint density at radius 3 is 1.05 bits per heavy atom. The van der Waals surface area contributed by atoms with Crippen LogP contribution in [0.4, 0.5) is 0 Å². The zero-order valence-corrected chi connectivity index (χ0v) is 23.1. The Kier molecular flexibility index (Phi) is 21.8. The number of aromatic amines is 3. The van der Waals surface area contributed by atoms with E-state index in [0.717, 1.165) is 36.7 Å². The molecule has 0 aromatic carbocycles. The van der Waals surface area contributed by atoms with Crippen LogP contribution in [0.2, 0.25) is 0 Å². The standard InChI is InChI=1S/C18H24N10.2ClHO4.Fe.H2O/c1-4-22-25-16(1)13-19-7-10-28(11-8-20-14-17-2-5-23-26-17)12-9-21-15-18-3-6-24-27-18;2*2-1(3,4)5;;/h1-6,13-15H,7-12H2,(H,22,25)(H,23,26)(H,24,27);2*(H,2,3,4,5);;1H2/q;;;+2;/p-2. The summed E-state index contributed by atoms with van der Waals surface area (Å²) < 4.78 is 67.9. The maximum absolute atomic E-state index is 8.49. The minimum atomic E-state index is -4.94. The van der Waals surface area contributed by atoms with Crippen LogP contribution in [0.15, 0.2) is 51.8 Å². The van der Waals surface area contributed by atoms with Crippen molar-refractivity contribution in [1.29, 1.82) is 0 Å². The molecule has 0 aliphatic heterocycles. The van der Waals surface area contributed by atoms with E-state index >= 15 is 0 Å². The number of H-pyrrole nitrogens is 3. The first-order valence-corrected chi connectivity index (χ1v) is 12.8. The van der Waals surface area contributed by atoms with Crippen molar-refractivity contribution in [2.75, 3.05) is 39.3 Å². The van der Waals surface area contributed by atoms with Crippen LogP contribution in [0, 0.1) is 20.5 Å². The zero-order chi connectivity index (χ0) is 28.3. The second-order valence-corrected chi connectivity index (χ2v) is 8.21. The summed E-state index contributed by atoms with van der Waals surface area (Å²) in [5.74, 6) is 0. The summed E-state index contributed by atoms with van der Waals surface area (Å²) in [6, 6.07) is 5.65. The third-order valence-corrected chi connectivity index (χ3v) is 3.87. The molecular weight excluding hydrogens is 627 g/mol. The first kappa shape index (κ1) is 39.5. The summed E-state index contributed by atoms with van der Waals surface area (Å²) in [6.45, 7) is 4.57. The summed E-state index contributed by atoms with van der Waals surface area (Å²) in [6.07, 6.45) is 10.7. The van der Waals surface area contributed by atoms with Gasteiger partial charge in [-0.3, -0.25) is 35.2 Å². The van der Waals surface area contributed by atoms with Crippen molar-refractivity contribution in [3.05, 3.63) is 53.9 Å². The molecule has 0 bridgehead atoms. The third kappa shape index (κ3) is 26.9. The minimum Gasteiger partial charge on any atom is -0.412 e. The number of aliphatic imine (C=N–C) groups is 3. The van der Waals surface area contributed by atoms with Gasteiger partial charge in [0.2, 0.25) is 0 Å². The fourth-order valence-corrected chi connectivity index (χ4v) is 2.44. The van der Waals surface area contributed by atoms with Gasteiger partial charge in [0.05, 0.1) is 19.6 Å². The molecule has 40 heavy (non-hydrogen) atoms. The van der Waals surface area contributed by atoms with Gasteiger partial charge in [0.15, 0.2) is 0 Å². The fourth-order valence-electron chi connectivity index (χ4n) is 2.44. The molecule has 224 valence electrons. The number of rotatable bonds is 12. The predicted octanol–water partition coefficient (Wildman–Crippen LogP) is -9.52. The van der Waals surface area contributed by atoms with Crippen molar-refractivity contribution in [3.63, 3.8) is 0 Å². The average molecular weight is 653 g/mol. The molecule has 22 heteroatoms. The van der Waals surface area contributed by atoms with E-state index in [1.54, 1.807) is 37.2 Å². The smallest absolute Gasteiger partial charge is 0.412 e. The van der Waals surface area contributed by atoms with Gasteiger partial charge >= 0.3 is 17.1 Å². The molecule has 0 fully saturated rings. The number of nitrogens with one attached hydrogen (secondary N) is 3. The molecule has 0 saturated carbocycles. The second kappa shape index (κ2) is 22.1. The van der Waals surface area contributed by atoms with Gasteiger partial charge in [0.25, 0.3) is 0 Å². The molecule has 0 spiro atoms. The van der Waals surface area contributed by atoms with Crippen molar-refractivity contribution in [1.82, 2.24) is 35.5 Å². The van der Waals surface area contributed by atoms with Crippen LogP contribution in [0.1, 0.15) is 17.1 Å². The minimum absolute atomic E-state index is 0. The van der Waals surface area contributed by atoms with E-state index in [9.17, 15) is 0 Å². The Bertz CT molecular complexity index is 907. The van der Waals surface area contributed by atoms with Gasteiger partial charge in [-0.1, -0.05) is 0 Å². The maximum atomic E-state index is 8.49. The average Bonchev–Trinajstić information content (AvgIpc) is 3.58. The van der Waals surface area contributed by atoms with Crippen LogP contribution >= 0.6 is 0 Å². The van der Waals surface area contributed by atoms with Gasteiger partial charge < -0.3 is 5.48 Å². The van der Waals surface area contributed by atoms with Crippen molar-refractivity contribution < 1.29 is 80.3 Å². The fraction of sp³-hybridized carbons (Fsp3) is 0.333. The van der Waals surface area contributed by atoms with Gasteiger partial charge in [-0.2, -0.15) is 15.3 Å². The van der Waals surface area contributed by atoms with Crippen molar-refractivity contribution in [2.45, 2.75) is 0 Å². The molecule has 3 heterocycles. The molecule has 0 atom stereocenters. The van der Waals surface area contributed by atoms with Crippen LogP contribution in [0.5, 0.6) is 0 Å². The van der Waals surface area contributed by atoms with Crippen LogP contribution in [-0.2, 0) is 17.1 Å². The Morgan fingerprint density at radius 2 is 0.850 bits per heavy atom. The number of hydrogen-bond donors (Lipinski definition) is 3. The molecule has 3 aromatic heterocycles. The van der Waals surface area contributed by atoms with Gasteiger partial charge in [0, 0.05) is 56.9 Å². The first-order chi connectivity index (χ1) is 17.9. The van der Waals surface area contributed by atoms with E-state index in [2.05, 4.69) is 50.5 Å². The van der Waals surface area contributed by atoms with E-state index in [4.69, 9.17) is 37.3 Å². The van der Waals surface area contributed by atoms with E-state index < -0.39 is 20.5 Å². The Morgan fingerprint density at radius 1 is 0.600 bits per heavy atom. The molecule has 0 saturated heterocycles. The molecule has 0 amide bonds. The summed E-state index contributed by atoms with van der Waals surface area (Å²) in [5.41, 5.74) is 2.50. The van der Waals surface area contributed by atoms with Crippen molar-refractivity contribution in [3.8, 4) is 0 Å². The number of hydrogen-bond acceptors (Lipinski definition) is 15. The van der Waals surface area contributed by atoms with Crippen LogP contribution in [-0.4, -0.2) is 98.9 Å². The van der Waals surface area contributed by atoms with Crippen molar-refractivity contribution >= 4 is 18.6 Å². The summed E-state index contributed by atoms with van der Waals surface area (Å²) in [5, 5.41) is 20.5. The second-order valence-electron chi connectivity index (χ2n) is 6.70. The number of halogens is 2. The first-order valence-electron chi connectivity index (χ1n) is 10.3. The van der Waals surface area contributed by atoms with Crippen LogP contribution < -0.4 is 37.3 Å². The number of aromatic nitrogens is 6. The summed E-state index contributed by atoms with van der Waals surface area (Å²) in [7, 11) is -9.89. The molecule has 5 N–H and O–H groups in total. The normalized spacial score (nSPS) is 11.6. The van der Waals surface area contributed by atoms with Gasteiger partial charge in [-0.15, -0.1) is 20.5 Å². The van der Waals surface area contributed by atoms with Gasteiger partial charge in [-0.25, -0.2) is 37.3 Å². The number of nitrogens with zero attached hydrogens (tertiary/aromatic N) is 7. The predicted molar refractivity (Wildman–Crippen MR) is 113 cm³/mol. The monoisotopic (exact) mass is 652 g/mol. The quantitative estimate of drug-likeness (QED) is 0.121. The van der Waals surface area contributed by atoms with Crippen LogP contribution in [0.3, 0.4) is 0 Å². The van der Waals surface area contributed by atoms with E-state index in [-0.39, 0.29) is 22.5 Å². The topological polar surface area (TPSA) is 342 Å². The van der Waals surface area contributed by atoms with Crippen molar-refractivity contribution in [2.24, 2.45) is 15.0 Å². The summed E-state index contributed by atoms with van der Waals surface area (Å²) in [4.78, 5) is 15.6. The largest absolute Gasteiger partial charge is 2.00 e. The molecule has 0 radical (unpaired) electrons. The molecule has 3 rings (SSSR count).